The summed E-state index contributed by atoms with van der Waals surface area (Å²) in [5.41, 5.74) is 11.4. The maximum atomic E-state index is 6.95. The number of para-hydroxylation sites is 1. The summed E-state index contributed by atoms with van der Waals surface area (Å²) in [6, 6.07) is 60.0. The van der Waals surface area contributed by atoms with Crippen LogP contribution in [0.5, 0.6) is 0 Å². The summed E-state index contributed by atoms with van der Waals surface area (Å²) in [6.07, 6.45) is 0. The normalized spacial score (nSPS) is 11.3. The van der Waals surface area contributed by atoms with Gasteiger partial charge in [0.15, 0.2) is 5.82 Å². The van der Waals surface area contributed by atoms with Crippen LogP contribution in [0, 0.1) is 0 Å². The quantitative estimate of drug-likeness (QED) is 0.184. The zero-order valence-corrected chi connectivity index (χ0v) is 26.5. The number of nitrogens with zero attached hydrogens (tertiary/aromatic N) is 3. The Morgan fingerprint density at radius 3 is 1.61 bits per heavy atom. The van der Waals surface area contributed by atoms with Gasteiger partial charge < -0.3 is 4.42 Å². The highest BCUT2D eigenvalue weighted by molar-refractivity contribution is 6.16. The van der Waals surface area contributed by atoms with Gasteiger partial charge in [-0.15, -0.1) is 0 Å². The second kappa shape index (κ2) is 12.2. The van der Waals surface area contributed by atoms with Gasteiger partial charge in [-0.25, -0.2) is 15.0 Å². The Morgan fingerprint density at radius 1 is 0.388 bits per heavy atom. The van der Waals surface area contributed by atoms with Crippen molar-refractivity contribution in [1.29, 1.82) is 0 Å². The van der Waals surface area contributed by atoms with Crippen LogP contribution in [0.4, 0.5) is 0 Å². The van der Waals surface area contributed by atoms with E-state index in [0.717, 1.165) is 83.7 Å². The average Bonchev–Trinajstić information content (AvgIpc) is 3.60. The lowest BCUT2D eigenvalue weighted by Crippen LogP contribution is -1.96. The zero-order valence-electron chi connectivity index (χ0n) is 26.5. The fourth-order valence-electron chi connectivity index (χ4n) is 6.56. The Kier molecular flexibility index (Phi) is 7.10. The summed E-state index contributed by atoms with van der Waals surface area (Å²) in [6.45, 7) is 0. The number of benzene rings is 6. The molecule has 0 saturated heterocycles. The Bertz CT molecular complexity index is 2520. The predicted molar refractivity (Wildman–Crippen MR) is 200 cm³/mol. The van der Waals surface area contributed by atoms with Crippen LogP contribution in [-0.2, 0) is 0 Å². The molecule has 3 aromatic heterocycles. The SMILES string of the molecule is c1ccc(-c2cc(-c3cccc(-c4c(-c5ccccc5)oc5c4c(-c4ccccc4)nc4ccccc45)c3)nc(-c3ccccc3)n2)cc1. The molecular formula is C45H29N3O. The summed E-state index contributed by atoms with van der Waals surface area (Å²) in [4.78, 5) is 15.4. The molecule has 0 aliphatic rings. The van der Waals surface area contributed by atoms with Crippen molar-refractivity contribution >= 4 is 21.9 Å². The molecule has 0 amide bonds. The number of rotatable bonds is 6. The second-order valence-electron chi connectivity index (χ2n) is 12.0. The molecule has 0 aliphatic heterocycles. The minimum Gasteiger partial charge on any atom is -0.455 e. The maximum absolute atomic E-state index is 6.95. The van der Waals surface area contributed by atoms with Crippen molar-refractivity contribution in [3.05, 3.63) is 176 Å². The first kappa shape index (κ1) is 28.6. The van der Waals surface area contributed by atoms with Crippen LogP contribution in [0.2, 0.25) is 0 Å². The van der Waals surface area contributed by atoms with E-state index in [9.17, 15) is 0 Å². The van der Waals surface area contributed by atoms with Gasteiger partial charge in [-0.3, -0.25) is 0 Å². The highest BCUT2D eigenvalue weighted by Crippen LogP contribution is 2.47. The zero-order chi connectivity index (χ0) is 32.6. The highest BCUT2D eigenvalue weighted by atomic mass is 16.3. The lowest BCUT2D eigenvalue weighted by Gasteiger charge is -2.12. The van der Waals surface area contributed by atoms with Crippen LogP contribution in [0.3, 0.4) is 0 Å². The number of hydrogen-bond acceptors (Lipinski definition) is 4. The number of furan rings is 1. The summed E-state index contributed by atoms with van der Waals surface area (Å²) in [5.74, 6) is 1.49. The number of hydrogen-bond donors (Lipinski definition) is 0. The van der Waals surface area contributed by atoms with E-state index in [0.29, 0.717) is 5.82 Å². The van der Waals surface area contributed by atoms with E-state index < -0.39 is 0 Å². The van der Waals surface area contributed by atoms with E-state index in [4.69, 9.17) is 19.4 Å². The third-order valence-electron chi connectivity index (χ3n) is 8.88. The molecule has 49 heavy (non-hydrogen) atoms. The van der Waals surface area contributed by atoms with Crippen LogP contribution < -0.4 is 0 Å². The molecule has 4 heteroatoms. The number of pyridine rings is 1. The second-order valence-corrected chi connectivity index (χ2v) is 12.0. The molecule has 0 bridgehead atoms. The third-order valence-corrected chi connectivity index (χ3v) is 8.88. The molecule has 3 heterocycles. The molecule has 6 aromatic carbocycles. The van der Waals surface area contributed by atoms with E-state index in [1.54, 1.807) is 0 Å². The van der Waals surface area contributed by atoms with Crippen LogP contribution in [0.25, 0.3) is 89.5 Å². The minimum absolute atomic E-state index is 0.683. The lowest BCUT2D eigenvalue weighted by atomic mass is 9.93. The van der Waals surface area contributed by atoms with Gasteiger partial charge in [-0.2, -0.15) is 0 Å². The van der Waals surface area contributed by atoms with Crippen molar-refractivity contribution in [2.75, 3.05) is 0 Å². The van der Waals surface area contributed by atoms with E-state index in [-0.39, 0.29) is 0 Å². The number of aromatic nitrogens is 3. The van der Waals surface area contributed by atoms with E-state index >= 15 is 0 Å². The Labute approximate surface area is 284 Å². The van der Waals surface area contributed by atoms with Crippen molar-refractivity contribution in [3.8, 4) is 67.6 Å². The molecule has 0 radical (unpaired) electrons. The standard InChI is InChI=1S/C45H29N3O/c1-5-16-30(17-6-1)38-29-39(48-45(47-38)33-22-11-4-12-23-33)34-24-15-25-35(28-34)40-41-42(31-18-7-2-8-19-31)46-37-27-14-13-26-36(37)44(41)49-43(40)32-20-9-3-10-21-32/h1-29H. The van der Waals surface area contributed by atoms with Gasteiger partial charge in [0.2, 0.25) is 0 Å². The molecule has 0 fully saturated rings. The Hall–Kier alpha value is -6.65. The fourth-order valence-corrected chi connectivity index (χ4v) is 6.56. The first-order valence-corrected chi connectivity index (χ1v) is 16.4. The van der Waals surface area contributed by atoms with Crippen molar-refractivity contribution in [3.63, 3.8) is 0 Å². The molecule has 0 spiro atoms. The van der Waals surface area contributed by atoms with Gasteiger partial charge in [0.25, 0.3) is 0 Å². The van der Waals surface area contributed by atoms with E-state index in [1.807, 2.05) is 72.8 Å². The summed E-state index contributed by atoms with van der Waals surface area (Å²) in [5, 5.41) is 1.96. The summed E-state index contributed by atoms with van der Waals surface area (Å²) >= 11 is 0. The average molecular weight is 628 g/mol. The van der Waals surface area contributed by atoms with Crippen LogP contribution in [-0.4, -0.2) is 15.0 Å². The van der Waals surface area contributed by atoms with Gasteiger partial charge >= 0.3 is 0 Å². The van der Waals surface area contributed by atoms with Gasteiger partial charge in [-0.05, 0) is 29.8 Å². The molecule has 0 atom stereocenters. The summed E-state index contributed by atoms with van der Waals surface area (Å²) in [7, 11) is 0. The summed E-state index contributed by atoms with van der Waals surface area (Å²) < 4.78 is 6.95. The monoisotopic (exact) mass is 627 g/mol. The fraction of sp³-hybridized carbons (Fsp3) is 0. The van der Waals surface area contributed by atoms with Crippen molar-refractivity contribution < 1.29 is 4.42 Å². The first-order valence-electron chi connectivity index (χ1n) is 16.4. The van der Waals surface area contributed by atoms with Gasteiger partial charge in [-0.1, -0.05) is 152 Å². The molecule has 0 saturated carbocycles. The Balaban J connectivity index is 1.32. The number of fused-ring (bicyclic) bond motifs is 3. The first-order chi connectivity index (χ1) is 24.3. The smallest absolute Gasteiger partial charge is 0.160 e. The van der Waals surface area contributed by atoms with Crippen LogP contribution in [0.1, 0.15) is 0 Å². The van der Waals surface area contributed by atoms with Gasteiger partial charge in [0.05, 0.1) is 28.0 Å². The molecule has 9 rings (SSSR count). The minimum atomic E-state index is 0.683. The van der Waals surface area contributed by atoms with Crippen molar-refractivity contribution in [2.45, 2.75) is 0 Å². The topological polar surface area (TPSA) is 51.8 Å². The molecule has 230 valence electrons. The van der Waals surface area contributed by atoms with Crippen molar-refractivity contribution in [1.82, 2.24) is 15.0 Å². The van der Waals surface area contributed by atoms with E-state index in [2.05, 4.69) is 103 Å². The molecule has 9 aromatic rings. The Morgan fingerprint density at radius 2 is 0.918 bits per heavy atom. The van der Waals surface area contributed by atoms with Crippen molar-refractivity contribution in [2.24, 2.45) is 0 Å². The van der Waals surface area contributed by atoms with Gasteiger partial charge in [0, 0.05) is 38.8 Å². The van der Waals surface area contributed by atoms with Gasteiger partial charge in [0.1, 0.15) is 11.3 Å². The van der Waals surface area contributed by atoms with Crippen LogP contribution in [0.15, 0.2) is 180 Å². The maximum Gasteiger partial charge on any atom is 0.160 e. The molecule has 0 aliphatic carbocycles. The highest BCUT2D eigenvalue weighted by Gasteiger charge is 2.24. The van der Waals surface area contributed by atoms with Crippen LogP contribution >= 0.6 is 0 Å². The molecule has 0 N–H and O–H groups in total. The molecule has 4 nitrogen and oxygen atoms in total. The lowest BCUT2D eigenvalue weighted by molar-refractivity contribution is 0.636. The largest absolute Gasteiger partial charge is 0.455 e. The van der Waals surface area contributed by atoms with E-state index in [1.165, 1.54) is 0 Å². The third kappa shape index (κ3) is 5.26. The predicted octanol–water partition coefficient (Wildman–Crippen LogP) is 11.8. The molecule has 0 unspecified atom stereocenters. The molecular weight excluding hydrogens is 599 g/mol.